The molecule has 1 N–H and O–H groups in total. The van der Waals surface area contributed by atoms with Crippen LogP contribution in [0.1, 0.15) is 10.5 Å². The van der Waals surface area contributed by atoms with Gasteiger partial charge in [-0.05, 0) is 18.4 Å². The lowest BCUT2D eigenvalue weighted by atomic mass is 10.2. The van der Waals surface area contributed by atoms with Gasteiger partial charge in [-0.15, -0.1) is 11.8 Å². The Bertz CT molecular complexity index is 800. The smallest absolute Gasteiger partial charge is 0.360 e. The number of hydrogen-bond acceptors (Lipinski definition) is 8. The van der Waals surface area contributed by atoms with Crippen molar-refractivity contribution < 1.29 is 14.3 Å². The zero-order chi connectivity index (χ0) is 18.5. The minimum absolute atomic E-state index is 0.106. The minimum atomic E-state index is -0.563. The average molecular weight is 395 g/mol. The number of nitrogens with zero attached hydrogens (tertiary/aromatic N) is 3. The molecule has 0 radical (unpaired) electrons. The van der Waals surface area contributed by atoms with Crippen LogP contribution in [0.2, 0.25) is 5.02 Å². The molecule has 9 heteroatoms. The molecule has 1 aliphatic rings. The highest BCUT2D eigenvalue weighted by molar-refractivity contribution is 7.98. The highest BCUT2D eigenvalue weighted by Gasteiger charge is 2.20. The van der Waals surface area contributed by atoms with Crippen LogP contribution in [0.4, 0.5) is 17.2 Å². The number of nitrogens with one attached hydrogen (secondary N) is 1. The summed E-state index contributed by atoms with van der Waals surface area (Å²) in [5, 5.41) is 3.67. The van der Waals surface area contributed by atoms with Crippen LogP contribution in [0.5, 0.6) is 0 Å². The van der Waals surface area contributed by atoms with Crippen molar-refractivity contribution in [2.24, 2.45) is 0 Å². The molecule has 26 heavy (non-hydrogen) atoms. The van der Waals surface area contributed by atoms with Crippen LogP contribution >= 0.6 is 23.4 Å². The van der Waals surface area contributed by atoms with E-state index >= 15 is 0 Å². The summed E-state index contributed by atoms with van der Waals surface area (Å²) in [6.45, 7) is 3.06. The van der Waals surface area contributed by atoms with Gasteiger partial charge in [-0.1, -0.05) is 11.6 Å². The SMILES string of the molecule is COC(=O)c1nccnc1Nc1ccc(N2CCOCC2)c(SC)c1Cl. The molecule has 7 nitrogen and oxygen atoms in total. The molecule has 1 saturated heterocycles. The van der Waals surface area contributed by atoms with E-state index in [0.717, 1.165) is 23.7 Å². The number of methoxy groups -OCH3 is 1. The number of carbonyl (C=O) groups is 1. The number of thioether (sulfide) groups is 1. The Morgan fingerprint density at radius 3 is 2.73 bits per heavy atom. The Hall–Kier alpha value is -2.03. The monoisotopic (exact) mass is 394 g/mol. The number of esters is 1. The first-order chi connectivity index (χ1) is 12.7. The first kappa shape index (κ1) is 18.8. The molecule has 0 amide bonds. The predicted octanol–water partition coefficient (Wildman–Crippen LogP) is 3.22. The molecule has 138 valence electrons. The summed E-state index contributed by atoms with van der Waals surface area (Å²) in [6, 6.07) is 3.89. The van der Waals surface area contributed by atoms with Crippen LogP contribution in [-0.2, 0) is 9.47 Å². The first-order valence-corrected chi connectivity index (χ1v) is 9.61. The molecule has 0 atom stereocenters. The maximum atomic E-state index is 11.9. The van der Waals surface area contributed by atoms with Gasteiger partial charge >= 0.3 is 5.97 Å². The zero-order valence-corrected chi connectivity index (χ0v) is 16.1. The van der Waals surface area contributed by atoms with E-state index in [1.54, 1.807) is 11.8 Å². The molecular weight excluding hydrogens is 376 g/mol. The fourth-order valence-corrected chi connectivity index (χ4v) is 3.83. The molecule has 0 bridgehead atoms. The number of anilines is 3. The van der Waals surface area contributed by atoms with E-state index in [1.807, 2.05) is 18.4 Å². The quantitative estimate of drug-likeness (QED) is 0.612. The van der Waals surface area contributed by atoms with Gasteiger partial charge < -0.3 is 19.7 Å². The maximum Gasteiger partial charge on any atom is 0.360 e. The normalized spacial score (nSPS) is 14.2. The largest absolute Gasteiger partial charge is 0.464 e. The Morgan fingerprint density at radius 2 is 2.04 bits per heavy atom. The van der Waals surface area contributed by atoms with E-state index in [1.165, 1.54) is 19.5 Å². The molecule has 0 saturated carbocycles. The third-order valence-corrected chi connectivity index (χ3v) is 5.29. The van der Waals surface area contributed by atoms with Crippen LogP contribution < -0.4 is 10.2 Å². The lowest BCUT2D eigenvalue weighted by molar-refractivity contribution is 0.0595. The van der Waals surface area contributed by atoms with E-state index in [9.17, 15) is 4.79 Å². The molecule has 2 aromatic rings. The summed E-state index contributed by atoms with van der Waals surface area (Å²) >= 11 is 8.22. The zero-order valence-electron chi connectivity index (χ0n) is 14.5. The van der Waals surface area contributed by atoms with Crippen LogP contribution in [-0.4, -0.2) is 55.6 Å². The average Bonchev–Trinajstić information content (AvgIpc) is 2.69. The lowest BCUT2D eigenvalue weighted by Crippen LogP contribution is -2.36. The lowest BCUT2D eigenvalue weighted by Gasteiger charge is -2.31. The number of halogens is 1. The summed E-state index contributed by atoms with van der Waals surface area (Å²) in [5.41, 5.74) is 1.83. The van der Waals surface area contributed by atoms with Crippen molar-refractivity contribution >= 4 is 46.5 Å². The maximum absolute atomic E-state index is 11.9. The van der Waals surface area contributed by atoms with Crippen molar-refractivity contribution in [3.05, 3.63) is 35.2 Å². The van der Waals surface area contributed by atoms with Crippen LogP contribution in [0.25, 0.3) is 0 Å². The van der Waals surface area contributed by atoms with E-state index in [4.69, 9.17) is 21.1 Å². The molecule has 2 heterocycles. The molecule has 3 rings (SSSR count). The number of hydrogen-bond donors (Lipinski definition) is 1. The molecule has 0 aliphatic carbocycles. The van der Waals surface area contributed by atoms with Gasteiger partial charge in [0.2, 0.25) is 0 Å². The van der Waals surface area contributed by atoms with Crippen molar-refractivity contribution in [2.45, 2.75) is 4.90 Å². The minimum Gasteiger partial charge on any atom is -0.464 e. The van der Waals surface area contributed by atoms with E-state index in [0.29, 0.717) is 29.7 Å². The van der Waals surface area contributed by atoms with Gasteiger partial charge in [-0.3, -0.25) is 0 Å². The summed E-state index contributed by atoms with van der Waals surface area (Å²) in [7, 11) is 1.30. The Labute approximate surface area is 161 Å². The summed E-state index contributed by atoms with van der Waals surface area (Å²) < 4.78 is 10.2. The summed E-state index contributed by atoms with van der Waals surface area (Å²) in [4.78, 5) is 23.3. The Kier molecular flexibility index (Phi) is 6.18. The highest BCUT2D eigenvalue weighted by Crippen LogP contribution is 2.41. The second-order valence-corrected chi connectivity index (χ2v) is 6.64. The van der Waals surface area contributed by atoms with Gasteiger partial charge in [-0.25, -0.2) is 14.8 Å². The first-order valence-electron chi connectivity index (χ1n) is 8.01. The van der Waals surface area contributed by atoms with Crippen LogP contribution in [0.15, 0.2) is 29.4 Å². The fraction of sp³-hybridized carbons (Fsp3) is 0.353. The van der Waals surface area contributed by atoms with Gasteiger partial charge in [0.15, 0.2) is 11.5 Å². The topological polar surface area (TPSA) is 76.6 Å². The van der Waals surface area contributed by atoms with Crippen LogP contribution in [0, 0.1) is 0 Å². The van der Waals surface area contributed by atoms with Crippen molar-refractivity contribution in [2.75, 3.05) is 49.9 Å². The highest BCUT2D eigenvalue weighted by atomic mass is 35.5. The summed E-state index contributed by atoms with van der Waals surface area (Å²) in [6.07, 6.45) is 4.92. The molecule has 1 aromatic heterocycles. The predicted molar refractivity (Wildman–Crippen MR) is 103 cm³/mol. The molecule has 0 spiro atoms. The number of aromatic nitrogens is 2. The standard InChI is InChI=1S/C17H19ClN4O3S/c1-24-17(23)14-16(20-6-5-19-14)21-11-3-4-12(15(26-2)13(11)18)22-7-9-25-10-8-22/h3-6H,7-10H2,1-2H3,(H,20,21). The molecular formula is C17H19ClN4O3S. The summed E-state index contributed by atoms with van der Waals surface area (Å²) in [5.74, 6) is -0.265. The van der Waals surface area contributed by atoms with Gasteiger partial charge in [-0.2, -0.15) is 0 Å². The van der Waals surface area contributed by atoms with Gasteiger partial charge in [0.05, 0.1) is 41.6 Å². The molecule has 1 fully saturated rings. The third kappa shape index (κ3) is 3.87. The molecule has 1 aliphatic heterocycles. The number of morpholine rings is 1. The number of ether oxygens (including phenoxy) is 2. The van der Waals surface area contributed by atoms with Gasteiger partial charge in [0.25, 0.3) is 0 Å². The Balaban J connectivity index is 1.93. The third-order valence-electron chi connectivity index (χ3n) is 3.96. The van der Waals surface area contributed by atoms with Gasteiger partial charge in [0.1, 0.15) is 0 Å². The van der Waals surface area contributed by atoms with Gasteiger partial charge in [0, 0.05) is 25.5 Å². The van der Waals surface area contributed by atoms with Crippen LogP contribution in [0.3, 0.4) is 0 Å². The molecule has 0 unspecified atom stereocenters. The van der Waals surface area contributed by atoms with Crippen molar-refractivity contribution in [3.8, 4) is 0 Å². The van der Waals surface area contributed by atoms with E-state index < -0.39 is 5.97 Å². The molecule has 1 aromatic carbocycles. The number of rotatable bonds is 5. The number of benzene rings is 1. The van der Waals surface area contributed by atoms with E-state index in [2.05, 4.69) is 20.2 Å². The van der Waals surface area contributed by atoms with Crippen molar-refractivity contribution in [1.29, 1.82) is 0 Å². The second kappa shape index (κ2) is 8.57. The number of carbonyl (C=O) groups excluding carboxylic acids is 1. The second-order valence-electron chi connectivity index (χ2n) is 5.45. The fourth-order valence-electron chi connectivity index (χ4n) is 2.69. The van der Waals surface area contributed by atoms with Crippen molar-refractivity contribution in [1.82, 2.24) is 9.97 Å². The van der Waals surface area contributed by atoms with E-state index in [-0.39, 0.29) is 5.69 Å². The van der Waals surface area contributed by atoms with Crippen molar-refractivity contribution in [3.63, 3.8) is 0 Å². The Morgan fingerprint density at radius 1 is 1.31 bits per heavy atom.